The molecule has 1 aliphatic heterocycles. The van der Waals surface area contributed by atoms with Crippen LogP contribution in [-0.2, 0) is 13.0 Å². The zero-order valence-corrected chi connectivity index (χ0v) is 14.9. The molecule has 0 saturated carbocycles. The van der Waals surface area contributed by atoms with Crippen molar-refractivity contribution in [1.82, 2.24) is 5.32 Å². The fraction of sp³-hybridized carbons (Fsp3) is 0.300. The second-order valence-electron chi connectivity index (χ2n) is 6.26. The zero-order valence-electron chi connectivity index (χ0n) is 14.9. The molecule has 2 aromatic rings. The molecule has 0 spiro atoms. The van der Waals surface area contributed by atoms with E-state index in [4.69, 9.17) is 15.2 Å². The van der Waals surface area contributed by atoms with Crippen molar-refractivity contribution in [3.05, 3.63) is 58.7 Å². The van der Waals surface area contributed by atoms with Crippen LogP contribution >= 0.6 is 0 Å². The highest BCUT2D eigenvalue weighted by atomic mass is 16.5. The van der Waals surface area contributed by atoms with Crippen LogP contribution in [0.15, 0.2) is 36.4 Å². The molecule has 26 heavy (non-hydrogen) atoms. The van der Waals surface area contributed by atoms with E-state index in [0.29, 0.717) is 24.3 Å². The molecule has 136 valence electrons. The molecule has 6 nitrogen and oxygen atoms in total. The van der Waals surface area contributed by atoms with Crippen molar-refractivity contribution >= 4 is 11.8 Å². The number of benzene rings is 2. The van der Waals surface area contributed by atoms with Crippen molar-refractivity contribution in [2.45, 2.75) is 32.9 Å². The van der Waals surface area contributed by atoms with E-state index in [1.54, 1.807) is 12.1 Å². The largest absolute Gasteiger partial charge is 0.494 e. The maximum atomic E-state index is 12.4. The van der Waals surface area contributed by atoms with Gasteiger partial charge < -0.3 is 20.5 Å². The molecule has 3 N–H and O–H groups in total. The number of hydrogen-bond acceptors (Lipinski definition) is 4. The van der Waals surface area contributed by atoms with E-state index in [-0.39, 0.29) is 12.0 Å². The number of primary amides is 1. The minimum atomic E-state index is -0.523. The fourth-order valence-electron chi connectivity index (χ4n) is 2.97. The Bertz CT molecular complexity index is 830. The van der Waals surface area contributed by atoms with Crippen molar-refractivity contribution < 1.29 is 19.1 Å². The number of nitrogens with two attached hydrogens (primary N) is 1. The van der Waals surface area contributed by atoms with Crippen LogP contribution in [0, 0.1) is 0 Å². The van der Waals surface area contributed by atoms with Gasteiger partial charge in [-0.25, -0.2) is 0 Å². The van der Waals surface area contributed by atoms with Crippen LogP contribution in [0.25, 0.3) is 0 Å². The molecule has 1 heterocycles. The molecule has 2 amide bonds. The van der Waals surface area contributed by atoms with Crippen molar-refractivity contribution in [3.8, 4) is 11.5 Å². The summed E-state index contributed by atoms with van der Waals surface area (Å²) in [6.45, 7) is 4.81. The summed E-state index contributed by atoms with van der Waals surface area (Å²) < 4.78 is 11.5. The Morgan fingerprint density at radius 3 is 2.58 bits per heavy atom. The molecule has 0 saturated heterocycles. The summed E-state index contributed by atoms with van der Waals surface area (Å²) in [6, 6.07) is 10.1. The molecule has 0 bridgehead atoms. The molecule has 3 rings (SSSR count). The van der Waals surface area contributed by atoms with Gasteiger partial charge in [-0.15, -0.1) is 0 Å². The summed E-state index contributed by atoms with van der Waals surface area (Å²) in [4.78, 5) is 23.5. The van der Waals surface area contributed by atoms with Crippen LogP contribution in [-0.4, -0.2) is 24.5 Å². The lowest BCUT2D eigenvalue weighted by Crippen LogP contribution is -2.23. The number of ether oxygens (including phenoxy) is 2. The first-order valence-corrected chi connectivity index (χ1v) is 8.61. The monoisotopic (exact) mass is 354 g/mol. The van der Waals surface area contributed by atoms with Gasteiger partial charge in [0.1, 0.15) is 17.6 Å². The first-order chi connectivity index (χ1) is 12.5. The lowest BCUT2D eigenvalue weighted by molar-refractivity contribution is 0.0948. The van der Waals surface area contributed by atoms with E-state index in [9.17, 15) is 9.59 Å². The van der Waals surface area contributed by atoms with Gasteiger partial charge in [-0.1, -0.05) is 0 Å². The molecule has 2 aromatic carbocycles. The van der Waals surface area contributed by atoms with E-state index < -0.39 is 5.91 Å². The van der Waals surface area contributed by atoms with Crippen molar-refractivity contribution in [2.75, 3.05) is 6.61 Å². The Hall–Kier alpha value is -3.02. The van der Waals surface area contributed by atoms with Crippen LogP contribution in [0.5, 0.6) is 11.5 Å². The molecule has 0 aromatic heterocycles. The minimum Gasteiger partial charge on any atom is -0.494 e. The predicted octanol–water partition coefficient (Wildman–Crippen LogP) is 2.44. The van der Waals surface area contributed by atoms with Crippen LogP contribution in [0.2, 0.25) is 0 Å². The van der Waals surface area contributed by atoms with Gasteiger partial charge in [0, 0.05) is 35.2 Å². The van der Waals surface area contributed by atoms with Crippen LogP contribution < -0.4 is 20.5 Å². The molecule has 0 aliphatic carbocycles. The number of hydrogen-bond donors (Lipinski definition) is 2. The number of rotatable bonds is 6. The third kappa shape index (κ3) is 3.79. The van der Waals surface area contributed by atoms with Gasteiger partial charge in [-0.05, 0) is 50.2 Å². The Morgan fingerprint density at radius 1 is 1.23 bits per heavy atom. The normalized spacial score (nSPS) is 15.1. The molecule has 0 radical (unpaired) electrons. The van der Waals surface area contributed by atoms with Crippen LogP contribution in [0.4, 0.5) is 0 Å². The van der Waals surface area contributed by atoms with Crippen molar-refractivity contribution in [2.24, 2.45) is 5.73 Å². The number of carbonyl (C=O) groups excluding carboxylic acids is 2. The van der Waals surface area contributed by atoms with E-state index >= 15 is 0 Å². The van der Waals surface area contributed by atoms with Crippen molar-refractivity contribution in [1.29, 1.82) is 0 Å². The molecular weight excluding hydrogens is 332 g/mol. The maximum Gasteiger partial charge on any atom is 0.251 e. The molecule has 0 unspecified atom stereocenters. The van der Waals surface area contributed by atoms with Gasteiger partial charge in [-0.2, -0.15) is 0 Å². The number of carbonyl (C=O) groups is 2. The summed E-state index contributed by atoms with van der Waals surface area (Å²) in [5, 5.41) is 2.87. The first-order valence-electron chi connectivity index (χ1n) is 8.61. The predicted molar refractivity (Wildman–Crippen MR) is 97.5 cm³/mol. The lowest BCUT2D eigenvalue weighted by atomic mass is 10.1. The second-order valence-corrected chi connectivity index (χ2v) is 6.26. The molecule has 0 fully saturated rings. The number of fused-ring (bicyclic) bond motifs is 1. The van der Waals surface area contributed by atoms with Gasteiger partial charge in [0.05, 0.1) is 6.61 Å². The van der Waals surface area contributed by atoms with Gasteiger partial charge in [0.2, 0.25) is 5.91 Å². The van der Waals surface area contributed by atoms with E-state index in [1.165, 1.54) is 12.1 Å². The smallest absolute Gasteiger partial charge is 0.251 e. The Balaban J connectivity index is 1.73. The van der Waals surface area contributed by atoms with E-state index in [1.807, 2.05) is 26.0 Å². The van der Waals surface area contributed by atoms with E-state index in [0.717, 1.165) is 29.0 Å². The minimum absolute atomic E-state index is 0.146. The van der Waals surface area contributed by atoms with Crippen LogP contribution in [0.1, 0.15) is 45.7 Å². The van der Waals surface area contributed by atoms with Crippen molar-refractivity contribution in [3.63, 3.8) is 0 Å². The highest BCUT2D eigenvalue weighted by Gasteiger charge is 2.22. The molecular formula is C20H22N2O4. The van der Waals surface area contributed by atoms with Gasteiger partial charge in [-0.3, -0.25) is 9.59 Å². The third-order valence-electron chi connectivity index (χ3n) is 4.25. The summed E-state index contributed by atoms with van der Waals surface area (Å²) in [6.07, 6.45) is 1.00. The summed E-state index contributed by atoms with van der Waals surface area (Å²) in [5.74, 6) is 0.841. The molecule has 1 atom stereocenters. The number of nitrogens with one attached hydrogen (secondary N) is 1. The third-order valence-corrected chi connectivity index (χ3v) is 4.25. The second kappa shape index (κ2) is 7.47. The van der Waals surface area contributed by atoms with Gasteiger partial charge in [0.25, 0.3) is 5.91 Å². The zero-order chi connectivity index (χ0) is 18.7. The first kappa shape index (κ1) is 17.8. The van der Waals surface area contributed by atoms with E-state index in [2.05, 4.69) is 5.32 Å². The lowest BCUT2D eigenvalue weighted by Gasteiger charge is -2.13. The summed E-state index contributed by atoms with van der Waals surface area (Å²) >= 11 is 0. The van der Waals surface area contributed by atoms with Crippen LogP contribution in [0.3, 0.4) is 0 Å². The summed E-state index contributed by atoms with van der Waals surface area (Å²) in [7, 11) is 0. The maximum absolute atomic E-state index is 12.4. The topological polar surface area (TPSA) is 90.6 Å². The standard InChI is InChI=1S/C20H22N2O4/c1-3-25-17-9-15-8-12(2)26-18(15)10-16(17)11-22-20(24)14-6-4-13(5-7-14)19(21)23/h4-7,9-10,12H,3,8,11H2,1-2H3,(H2,21,23)(H,22,24)/t12-/m1/s1. The SMILES string of the molecule is CCOc1cc2c(cc1CNC(=O)c1ccc(C(N)=O)cc1)O[C@H](C)C2. The quantitative estimate of drug-likeness (QED) is 0.834. The highest BCUT2D eigenvalue weighted by molar-refractivity contribution is 5.97. The highest BCUT2D eigenvalue weighted by Crippen LogP contribution is 2.35. The van der Waals surface area contributed by atoms with Gasteiger partial charge >= 0.3 is 0 Å². The molecule has 6 heteroatoms. The molecule has 1 aliphatic rings. The number of amides is 2. The summed E-state index contributed by atoms with van der Waals surface area (Å²) in [5.41, 5.74) is 8.02. The fourth-order valence-corrected chi connectivity index (χ4v) is 2.97. The Kier molecular flexibility index (Phi) is 5.11. The average Bonchev–Trinajstić information content (AvgIpc) is 2.98. The van der Waals surface area contributed by atoms with Gasteiger partial charge in [0.15, 0.2) is 0 Å². The Labute approximate surface area is 152 Å². The average molecular weight is 354 g/mol. The Morgan fingerprint density at radius 2 is 1.92 bits per heavy atom.